The van der Waals surface area contributed by atoms with Crippen LogP contribution in [0.25, 0.3) is 0 Å². The lowest BCUT2D eigenvalue weighted by atomic mass is 9.83. The van der Waals surface area contributed by atoms with Gasteiger partial charge in [-0.2, -0.15) is 0 Å². The summed E-state index contributed by atoms with van der Waals surface area (Å²) in [6.45, 7) is 9.00. The Balaban J connectivity index is 2.45. The fourth-order valence-corrected chi connectivity index (χ4v) is 2.22. The summed E-state index contributed by atoms with van der Waals surface area (Å²) in [7, 11) is 0. The van der Waals surface area contributed by atoms with E-state index in [9.17, 15) is 9.59 Å². The van der Waals surface area contributed by atoms with Crippen molar-refractivity contribution in [2.75, 3.05) is 0 Å². The topological polar surface area (TPSA) is 55.4 Å². The van der Waals surface area contributed by atoms with E-state index >= 15 is 0 Å². The van der Waals surface area contributed by atoms with E-state index in [-0.39, 0.29) is 17.7 Å². The maximum atomic E-state index is 11.6. The lowest BCUT2D eigenvalue weighted by Crippen LogP contribution is -2.42. The zero-order chi connectivity index (χ0) is 13.8. The van der Waals surface area contributed by atoms with Crippen LogP contribution in [0.3, 0.4) is 0 Å². The monoisotopic (exact) mass is 253 g/mol. The molecule has 0 radical (unpaired) electrons. The summed E-state index contributed by atoms with van der Waals surface area (Å²) >= 11 is 0. The van der Waals surface area contributed by atoms with Gasteiger partial charge in [-0.15, -0.1) is 0 Å². The van der Waals surface area contributed by atoms with E-state index < -0.39 is 11.7 Å². The Bertz CT molecular complexity index is 330. The quantitative estimate of drug-likeness (QED) is 0.787. The number of alkyl carbamates (subject to hydrolysis) is 1. The minimum Gasteiger partial charge on any atom is -0.444 e. The molecule has 4 nitrogen and oxygen atoms in total. The van der Waals surface area contributed by atoms with Crippen molar-refractivity contribution in [3.05, 3.63) is 12.7 Å². The molecule has 102 valence electrons. The first-order chi connectivity index (χ1) is 8.31. The summed E-state index contributed by atoms with van der Waals surface area (Å²) in [5, 5.41) is 2.84. The largest absolute Gasteiger partial charge is 0.444 e. The Hall–Kier alpha value is -1.32. The van der Waals surface area contributed by atoms with Crippen LogP contribution in [-0.2, 0) is 9.53 Å². The molecule has 0 aromatic carbocycles. The summed E-state index contributed by atoms with van der Waals surface area (Å²) in [6.07, 6.45) is 4.39. The van der Waals surface area contributed by atoms with Crippen LogP contribution in [-0.4, -0.2) is 23.5 Å². The van der Waals surface area contributed by atoms with E-state index in [0.717, 1.165) is 19.3 Å². The number of amides is 1. The zero-order valence-electron chi connectivity index (χ0n) is 11.5. The molecule has 0 aromatic rings. The predicted octanol–water partition coefficient (Wildman–Crippen LogP) is 2.83. The van der Waals surface area contributed by atoms with Gasteiger partial charge in [0.2, 0.25) is 0 Å². The van der Waals surface area contributed by atoms with Gasteiger partial charge < -0.3 is 10.1 Å². The number of hydrogen-bond donors (Lipinski definition) is 1. The molecule has 1 rings (SSSR count). The van der Waals surface area contributed by atoms with Gasteiger partial charge >= 0.3 is 6.09 Å². The first-order valence-electron chi connectivity index (χ1n) is 6.47. The van der Waals surface area contributed by atoms with Gasteiger partial charge in [-0.3, -0.25) is 4.79 Å². The lowest BCUT2D eigenvalue weighted by molar-refractivity contribution is -0.119. The summed E-state index contributed by atoms with van der Waals surface area (Å²) < 4.78 is 5.21. The number of allylic oxidation sites excluding steroid dienone is 1. The summed E-state index contributed by atoms with van der Waals surface area (Å²) in [4.78, 5) is 23.2. The van der Waals surface area contributed by atoms with Crippen LogP contribution in [0.15, 0.2) is 12.7 Å². The molecule has 1 aliphatic rings. The average Bonchev–Trinajstić information content (AvgIpc) is 2.25. The smallest absolute Gasteiger partial charge is 0.407 e. The van der Waals surface area contributed by atoms with Crippen LogP contribution < -0.4 is 5.32 Å². The van der Waals surface area contributed by atoms with Crippen molar-refractivity contribution in [3.63, 3.8) is 0 Å². The molecule has 4 heteroatoms. The van der Waals surface area contributed by atoms with Gasteiger partial charge in [0.1, 0.15) is 5.60 Å². The molecule has 0 aliphatic heterocycles. The van der Waals surface area contributed by atoms with Crippen LogP contribution >= 0.6 is 0 Å². The molecule has 0 unspecified atom stereocenters. The second-order valence-electron chi connectivity index (χ2n) is 5.81. The van der Waals surface area contributed by atoms with Crippen molar-refractivity contribution in [3.8, 4) is 0 Å². The lowest BCUT2D eigenvalue weighted by Gasteiger charge is -2.29. The van der Waals surface area contributed by atoms with Crippen molar-refractivity contribution < 1.29 is 14.3 Å². The van der Waals surface area contributed by atoms with Crippen molar-refractivity contribution >= 4 is 11.9 Å². The summed E-state index contributed by atoms with van der Waals surface area (Å²) in [5.41, 5.74) is -0.491. The number of carbonyl (C=O) groups is 2. The molecule has 18 heavy (non-hydrogen) atoms. The first kappa shape index (κ1) is 14.7. The Morgan fingerprint density at radius 2 is 2.00 bits per heavy atom. The van der Waals surface area contributed by atoms with E-state index in [2.05, 4.69) is 11.9 Å². The maximum absolute atomic E-state index is 11.6. The maximum Gasteiger partial charge on any atom is 0.407 e. The molecule has 1 saturated carbocycles. The summed E-state index contributed by atoms with van der Waals surface area (Å²) in [6, 6.07) is 0.0301. The fraction of sp³-hybridized carbons (Fsp3) is 0.714. The van der Waals surface area contributed by atoms with Gasteiger partial charge in [-0.1, -0.05) is 13.0 Å². The fourth-order valence-electron chi connectivity index (χ4n) is 2.22. The molecule has 0 aromatic heterocycles. The predicted molar refractivity (Wildman–Crippen MR) is 70.3 cm³/mol. The van der Waals surface area contributed by atoms with Gasteiger partial charge in [0, 0.05) is 12.0 Å². The van der Waals surface area contributed by atoms with E-state index in [1.165, 1.54) is 6.08 Å². The molecule has 0 heterocycles. The van der Waals surface area contributed by atoms with Gasteiger partial charge in [-0.05, 0) is 46.1 Å². The molecular formula is C14H23NO3. The molecule has 0 spiro atoms. The minimum absolute atomic E-state index is 0.00353. The second kappa shape index (κ2) is 6.03. The van der Waals surface area contributed by atoms with Gasteiger partial charge in [0.05, 0.1) is 0 Å². The first-order valence-corrected chi connectivity index (χ1v) is 6.47. The molecule has 1 fully saturated rings. The van der Waals surface area contributed by atoms with E-state index in [0.29, 0.717) is 6.42 Å². The SMILES string of the molecule is C=CC(=O)[C@@H]1CCC[C@@H](NC(=O)OC(C)(C)C)C1. The number of nitrogens with one attached hydrogen (secondary N) is 1. The van der Waals surface area contributed by atoms with Crippen molar-refractivity contribution in [2.45, 2.75) is 58.1 Å². The Kier molecular flexibility index (Phi) is 4.93. The molecule has 1 N–H and O–H groups in total. The minimum atomic E-state index is -0.491. The van der Waals surface area contributed by atoms with Crippen LogP contribution in [0, 0.1) is 5.92 Å². The number of ether oxygens (including phenoxy) is 1. The second-order valence-corrected chi connectivity index (χ2v) is 5.81. The Morgan fingerprint density at radius 3 is 2.56 bits per heavy atom. The molecule has 1 aliphatic carbocycles. The van der Waals surface area contributed by atoms with Crippen LogP contribution in [0.5, 0.6) is 0 Å². The van der Waals surface area contributed by atoms with Crippen LogP contribution in [0.4, 0.5) is 4.79 Å². The van der Waals surface area contributed by atoms with Crippen LogP contribution in [0.2, 0.25) is 0 Å². The van der Waals surface area contributed by atoms with Crippen molar-refractivity contribution in [2.24, 2.45) is 5.92 Å². The number of carbonyl (C=O) groups excluding carboxylic acids is 2. The third kappa shape index (κ3) is 4.90. The Morgan fingerprint density at radius 1 is 1.33 bits per heavy atom. The van der Waals surface area contributed by atoms with Gasteiger partial charge in [0.25, 0.3) is 0 Å². The van der Waals surface area contributed by atoms with Crippen LogP contribution in [0.1, 0.15) is 46.5 Å². The zero-order valence-corrected chi connectivity index (χ0v) is 11.5. The summed E-state index contributed by atoms with van der Waals surface area (Å²) in [5.74, 6) is 0.0712. The third-order valence-corrected chi connectivity index (χ3v) is 3.00. The van der Waals surface area contributed by atoms with E-state index in [4.69, 9.17) is 4.74 Å². The van der Waals surface area contributed by atoms with Gasteiger partial charge in [-0.25, -0.2) is 4.79 Å². The highest BCUT2D eigenvalue weighted by Crippen LogP contribution is 2.25. The highest BCUT2D eigenvalue weighted by molar-refractivity contribution is 5.91. The standard InChI is InChI=1S/C14H23NO3/c1-5-12(16)10-7-6-8-11(9-10)15-13(17)18-14(2,3)4/h5,10-11H,1,6-9H2,2-4H3,(H,15,17)/t10-,11-/m1/s1. The van der Waals surface area contributed by atoms with Crippen molar-refractivity contribution in [1.29, 1.82) is 0 Å². The normalized spacial score (nSPS) is 24.2. The molecule has 2 atom stereocenters. The molecular weight excluding hydrogens is 230 g/mol. The van der Waals surface area contributed by atoms with E-state index in [1.54, 1.807) is 0 Å². The number of hydrogen-bond acceptors (Lipinski definition) is 3. The number of ketones is 1. The highest BCUT2D eigenvalue weighted by atomic mass is 16.6. The van der Waals surface area contributed by atoms with Crippen molar-refractivity contribution in [1.82, 2.24) is 5.32 Å². The molecule has 1 amide bonds. The molecule has 0 saturated heterocycles. The number of rotatable bonds is 3. The average molecular weight is 253 g/mol. The van der Waals surface area contributed by atoms with Gasteiger partial charge in [0.15, 0.2) is 5.78 Å². The third-order valence-electron chi connectivity index (χ3n) is 3.00. The van der Waals surface area contributed by atoms with E-state index in [1.807, 2.05) is 20.8 Å². The highest BCUT2D eigenvalue weighted by Gasteiger charge is 2.27. The Labute approximate surface area is 109 Å². The molecule has 0 bridgehead atoms.